The molecule has 1 N–H and O–H groups in total. The SMILES string of the molecule is CCOc1cccnc1NC1CCC(CC)C1C. The lowest BCUT2D eigenvalue weighted by Gasteiger charge is -2.22. The largest absolute Gasteiger partial charge is 0.490 e. The molecule has 1 fully saturated rings. The summed E-state index contributed by atoms with van der Waals surface area (Å²) in [6.45, 7) is 7.32. The third kappa shape index (κ3) is 2.77. The molecule has 0 aliphatic heterocycles. The number of hydrogen-bond donors (Lipinski definition) is 1. The van der Waals surface area contributed by atoms with E-state index in [9.17, 15) is 0 Å². The molecule has 1 aliphatic rings. The first-order valence-electron chi connectivity index (χ1n) is 7.10. The molecule has 1 aromatic heterocycles. The molecule has 0 saturated heterocycles. The number of anilines is 1. The van der Waals surface area contributed by atoms with E-state index in [0.717, 1.165) is 17.5 Å². The van der Waals surface area contributed by atoms with Gasteiger partial charge in [0.2, 0.25) is 0 Å². The first kappa shape index (κ1) is 13.2. The molecule has 3 unspecified atom stereocenters. The van der Waals surface area contributed by atoms with Crippen LogP contribution in [0.15, 0.2) is 18.3 Å². The monoisotopic (exact) mass is 248 g/mol. The number of nitrogens with zero attached hydrogens (tertiary/aromatic N) is 1. The lowest BCUT2D eigenvalue weighted by Crippen LogP contribution is -2.25. The van der Waals surface area contributed by atoms with Crippen molar-refractivity contribution >= 4 is 5.82 Å². The number of pyridine rings is 1. The van der Waals surface area contributed by atoms with Gasteiger partial charge in [-0.25, -0.2) is 4.98 Å². The maximum Gasteiger partial charge on any atom is 0.168 e. The number of ether oxygens (including phenoxy) is 1. The van der Waals surface area contributed by atoms with Crippen LogP contribution in [-0.2, 0) is 0 Å². The van der Waals surface area contributed by atoms with Crippen LogP contribution in [0.4, 0.5) is 5.82 Å². The second-order valence-electron chi connectivity index (χ2n) is 5.14. The Hall–Kier alpha value is -1.25. The summed E-state index contributed by atoms with van der Waals surface area (Å²) in [5, 5.41) is 3.57. The Kier molecular flexibility index (Phi) is 4.45. The minimum atomic E-state index is 0.532. The van der Waals surface area contributed by atoms with Gasteiger partial charge in [-0.05, 0) is 43.7 Å². The first-order chi connectivity index (χ1) is 8.76. The van der Waals surface area contributed by atoms with Crippen molar-refractivity contribution in [2.24, 2.45) is 11.8 Å². The van der Waals surface area contributed by atoms with Gasteiger partial charge in [-0.15, -0.1) is 0 Å². The van der Waals surface area contributed by atoms with Crippen molar-refractivity contribution < 1.29 is 4.74 Å². The molecule has 1 heterocycles. The average molecular weight is 248 g/mol. The topological polar surface area (TPSA) is 34.1 Å². The quantitative estimate of drug-likeness (QED) is 0.862. The Morgan fingerprint density at radius 3 is 2.89 bits per heavy atom. The molecular weight excluding hydrogens is 224 g/mol. The van der Waals surface area contributed by atoms with Crippen molar-refractivity contribution in [3.8, 4) is 5.75 Å². The minimum Gasteiger partial charge on any atom is -0.490 e. The van der Waals surface area contributed by atoms with Crippen LogP contribution in [0.3, 0.4) is 0 Å². The standard InChI is InChI=1S/C15H24N2O/c1-4-12-8-9-13(11(12)3)17-15-14(18-5-2)7-6-10-16-15/h6-7,10-13H,4-5,8-9H2,1-3H3,(H,16,17). The van der Waals surface area contributed by atoms with Crippen LogP contribution in [0.5, 0.6) is 5.75 Å². The van der Waals surface area contributed by atoms with E-state index in [1.54, 1.807) is 0 Å². The molecule has 3 atom stereocenters. The second-order valence-corrected chi connectivity index (χ2v) is 5.14. The smallest absolute Gasteiger partial charge is 0.168 e. The van der Waals surface area contributed by atoms with E-state index < -0.39 is 0 Å². The lowest BCUT2D eigenvalue weighted by molar-refractivity contribution is 0.339. The number of aromatic nitrogens is 1. The summed E-state index contributed by atoms with van der Waals surface area (Å²) in [4.78, 5) is 4.41. The molecule has 0 radical (unpaired) electrons. The maximum atomic E-state index is 5.61. The minimum absolute atomic E-state index is 0.532. The predicted molar refractivity (Wildman–Crippen MR) is 75.0 cm³/mol. The van der Waals surface area contributed by atoms with Crippen LogP contribution in [-0.4, -0.2) is 17.6 Å². The Morgan fingerprint density at radius 2 is 2.22 bits per heavy atom. The molecule has 0 spiro atoms. The van der Waals surface area contributed by atoms with Gasteiger partial charge in [-0.1, -0.05) is 20.3 Å². The highest BCUT2D eigenvalue weighted by Crippen LogP contribution is 2.36. The van der Waals surface area contributed by atoms with Crippen LogP contribution in [0.25, 0.3) is 0 Å². The van der Waals surface area contributed by atoms with Crippen LogP contribution in [0.2, 0.25) is 0 Å². The molecule has 1 aromatic rings. The summed E-state index contributed by atoms with van der Waals surface area (Å²) in [6.07, 6.45) is 5.66. The van der Waals surface area contributed by atoms with Gasteiger partial charge in [0, 0.05) is 12.2 Å². The highest BCUT2D eigenvalue weighted by molar-refractivity contribution is 5.50. The molecule has 100 valence electrons. The molecule has 1 aliphatic carbocycles. The van der Waals surface area contributed by atoms with Gasteiger partial charge < -0.3 is 10.1 Å². The number of rotatable bonds is 5. The molecular formula is C15H24N2O. The van der Waals surface area contributed by atoms with Crippen molar-refractivity contribution in [3.63, 3.8) is 0 Å². The van der Waals surface area contributed by atoms with Gasteiger partial charge in [0.1, 0.15) is 0 Å². The number of nitrogens with one attached hydrogen (secondary N) is 1. The highest BCUT2D eigenvalue weighted by Gasteiger charge is 2.31. The molecule has 3 nitrogen and oxygen atoms in total. The molecule has 0 bridgehead atoms. The van der Waals surface area contributed by atoms with Gasteiger partial charge in [0.25, 0.3) is 0 Å². The third-order valence-electron chi connectivity index (χ3n) is 4.14. The van der Waals surface area contributed by atoms with Gasteiger partial charge in [0.05, 0.1) is 6.61 Å². The van der Waals surface area contributed by atoms with E-state index in [-0.39, 0.29) is 0 Å². The van der Waals surface area contributed by atoms with Crippen molar-refractivity contribution in [1.29, 1.82) is 0 Å². The molecule has 1 saturated carbocycles. The molecule has 3 heteroatoms. The third-order valence-corrected chi connectivity index (χ3v) is 4.14. The van der Waals surface area contributed by atoms with Gasteiger partial charge in [-0.2, -0.15) is 0 Å². The summed E-state index contributed by atoms with van der Waals surface area (Å²) >= 11 is 0. The van der Waals surface area contributed by atoms with E-state index in [2.05, 4.69) is 24.1 Å². The summed E-state index contributed by atoms with van der Waals surface area (Å²) in [5.74, 6) is 3.33. The predicted octanol–water partition coefficient (Wildman–Crippen LogP) is 3.72. The Balaban J connectivity index is 2.05. The molecule has 18 heavy (non-hydrogen) atoms. The highest BCUT2D eigenvalue weighted by atomic mass is 16.5. The fourth-order valence-electron chi connectivity index (χ4n) is 2.97. The summed E-state index contributed by atoms with van der Waals surface area (Å²) in [6, 6.07) is 4.43. The zero-order chi connectivity index (χ0) is 13.0. The van der Waals surface area contributed by atoms with Gasteiger partial charge >= 0.3 is 0 Å². The summed E-state index contributed by atoms with van der Waals surface area (Å²) in [7, 11) is 0. The van der Waals surface area contributed by atoms with Gasteiger partial charge in [-0.3, -0.25) is 0 Å². The van der Waals surface area contributed by atoms with Crippen molar-refractivity contribution in [1.82, 2.24) is 4.98 Å². The fourth-order valence-corrected chi connectivity index (χ4v) is 2.97. The Bertz CT molecular complexity index is 381. The first-order valence-corrected chi connectivity index (χ1v) is 7.10. The van der Waals surface area contributed by atoms with Crippen molar-refractivity contribution in [3.05, 3.63) is 18.3 Å². The zero-order valence-corrected chi connectivity index (χ0v) is 11.6. The summed E-state index contributed by atoms with van der Waals surface area (Å²) in [5.41, 5.74) is 0. The normalized spacial score (nSPS) is 27.2. The van der Waals surface area contributed by atoms with E-state index in [1.165, 1.54) is 19.3 Å². The number of hydrogen-bond acceptors (Lipinski definition) is 3. The van der Waals surface area contributed by atoms with E-state index in [0.29, 0.717) is 18.6 Å². The maximum absolute atomic E-state index is 5.61. The van der Waals surface area contributed by atoms with Gasteiger partial charge in [0.15, 0.2) is 11.6 Å². The van der Waals surface area contributed by atoms with Crippen LogP contribution in [0, 0.1) is 11.8 Å². The van der Waals surface area contributed by atoms with Crippen LogP contribution >= 0.6 is 0 Å². The van der Waals surface area contributed by atoms with E-state index in [4.69, 9.17) is 4.74 Å². The van der Waals surface area contributed by atoms with Crippen LogP contribution in [0.1, 0.15) is 40.0 Å². The van der Waals surface area contributed by atoms with Crippen molar-refractivity contribution in [2.75, 3.05) is 11.9 Å². The van der Waals surface area contributed by atoms with E-state index >= 15 is 0 Å². The van der Waals surface area contributed by atoms with Crippen LogP contribution < -0.4 is 10.1 Å². The lowest BCUT2D eigenvalue weighted by atomic mass is 9.93. The Morgan fingerprint density at radius 1 is 1.39 bits per heavy atom. The summed E-state index contributed by atoms with van der Waals surface area (Å²) < 4.78 is 5.61. The van der Waals surface area contributed by atoms with E-state index in [1.807, 2.05) is 25.3 Å². The average Bonchev–Trinajstić information content (AvgIpc) is 2.73. The molecule has 0 amide bonds. The molecule has 0 aromatic carbocycles. The zero-order valence-electron chi connectivity index (χ0n) is 11.6. The molecule has 2 rings (SSSR count). The van der Waals surface area contributed by atoms with Crippen molar-refractivity contribution in [2.45, 2.75) is 46.1 Å². The fraction of sp³-hybridized carbons (Fsp3) is 0.667. The Labute approximate surface area is 110 Å². The second kappa shape index (κ2) is 6.07.